The summed E-state index contributed by atoms with van der Waals surface area (Å²) in [7, 11) is 0. The van der Waals surface area contributed by atoms with Gasteiger partial charge in [0.25, 0.3) is 0 Å². The minimum atomic E-state index is -0.272. The molecule has 92 valence electrons. The van der Waals surface area contributed by atoms with E-state index in [4.69, 9.17) is 34.3 Å². The Kier molecular flexibility index (Phi) is 5.34. The lowest BCUT2D eigenvalue weighted by atomic mass is 10.2. The lowest BCUT2D eigenvalue weighted by molar-refractivity contribution is -0.120. The van der Waals surface area contributed by atoms with E-state index in [1.165, 1.54) is 0 Å². The number of anilines is 1. The highest BCUT2D eigenvalue weighted by Gasteiger charge is 2.09. The Morgan fingerprint density at radius 1 is 1.59 bits per heavy atom. The maximum Gasteiger partial charge on any atom is 0.250 e. The number of amides is 1. The lowest BCUT2D eigenvalue weighted by Crippen LogP contribution is -2.21. The summed E-state index contributed by atoms with van der Waals surface area (Å²) in [4.78, 5) is 11.7. The number of hydrogen-bond acceptors (Lipinski definition) is 3. The van der Waals surface area contributed by atoms with Gasteiger partial charge < -0.3 is 15.8 Å². The number of benzene rings is 1. The summed E-state index contributed by atoms with van der Waals surface area (Å²) in [5.74, 6) is -0.272. The van der Waals surface area contributed by atoms with E-state index in [9.17, 15) is 4.79 Å². The van der Waals surface area contributed by atoms with Gasteiger partial charge in [0.2, 0.25) is 5.91 Å². The van der Waals surface area contributed by atoms with Crippen LogP contribution in [-0.4, -0.2) is 24.1 Å². The van der Waals surface area contributed by atoms with E-state index < -0.39 is 0 Å². The van der Waals surface area contributed by atoms with Crippen LogP contribution in [0.2, 0.25) is 5.02 Å². The minimum Gasteiger partial charge on any atom is -0.389 e. The first kappa shape index (κ1) is 13.9. The smallest absolute Gasteiger partial charge is 0.250 e. The number of ether oxygens (including phenoxy) is 1. The van der Waals surface area contributed by atoms with E-state index in [2.05, 4.69) is 5.32 Å². The SMILES string of the molecule is CCOCC(=O)Nc1cc(Cl)ccc1C(N)=S. The summed E-state index contributed by atoms with van der Waals surface area (Å²) in [5.41, 5.74) is 6.62. The maximum atomic E-state index is 11.5. The van der Waals surface area contributed by atoms with Gasteiger partial charge in [-0.2, -0.15) is 0 Å². The second kappa shape index (κ2) is 6.54. The van der Waals surface area contributed by atoms with Gasteiger partial charge in [0, 0.05) is 17.2 Å². The Hall–Kier alpha value is -1.17. The average molecular weight is 273 g/mol. The van der Waals surface area contributed by atoms with Crippen molar-refractivity contribution in [3.63, 3.8) is 0 Å². The first-order valence-electron chi connectivity index (χ1n) is 5.01. The molecular weight excluding hydrogens is 260 g/mol. The monoisotopic (exact) mass is 272 g/mol. The van der Waals surface area contributed by atoms with Crippen LogP contribution >= 0.6 is 23.8 Å². The van der Waals surface area contributed by atoms with Crippen molar-refractivity contribution in [1.82, 2.24) is 0 Å². The molecule has 0 radical (unpaired) electrons. The van der Waals surface area contributed by atoms with Crippen LogP contribution in [0.5, 0.6) is 0 Å². The third-order valence-electron chi connectivity index (χ3n) is 1.96. The third-order valence-corrected chi connectivity index (χ3v) is 2.41. The van der Waals surface area contributed by atoms with Gasteiger partial charge in [-0.15, -0.1) is 0 Å². The summed E-state index contributed by atoms with van der Waals surface area (Å²) in [6.07, 6.45) is 0. The van der Waals surface area contributed by atoms with Crippen LogP contribution in [0.3, 0.4) is 0 Å². The fraction of sp³-hybridized carbons (Fsp3) is 0.273. The molecule has 1 rings (SSSR count). The molecule has 1 aromatic rings. The molecule has 1 aromatic carbocycles. The summed E-state index contributed by atoms with van der Waals surface area (Å²) >= 11 is 10.7. The van der Waals surface area contributed by atoms with E-state index >= 15 is 0 Å². The summed E-state index contributed by atoms with van der Waals surface area (Å²) in [6, 6.07) is 4.93. The highest BCUT2D eigenvalue weighted by molar-refractivity contribution is 7.80. The van der Waals surface area contributed by atoms with Crippen LogP contribution < -0.4 is 11.1 Å². The van der Waals surface area contributed by atoms with Crippen molar-refractivity contribution in [1.29, 1.82) is 0 Å². The molecule has 0 aliphatic rings. The van der Waals surface area contributed by atoms with Crippen molar-refractivity contribution in [3.8, 4) is 0 Å². The van der Waals surface area contributed by atoms with E-state index in [0.717, 1.165) is 0 Å². The molecule has 4 nitrogen and oxygen atoms in total. The van der Waals surface area contributed by atoms with Crippen LogP contribution in [-0.2, 0) is 9.53 Å². The maximum absolute atomic E-state index is 11.5. The lowest BCUT2D eigenvalue weighted by Gasteiger charge is -2.10. The van der Waals surface area contributed by atoms with Crippen molar-refractivity contribution in [2.24, 2.45) is 5.73 Å². The number of nitrogens with two attached hydrogens (primary N) is 1. The molecule has 0 saturated carbocycles. The first-order chi connectivity index (χ1) is 8.04. The minimum absolute atomic E-state index is 0.0141. The molecule has 17 heavy (non-hydrogen) atoms. The zero-order chi connectivity index (χ0) is 12.8. The van der Waals surface area contributed by atoms with E-state index in [-0.39, 0.29) is 17.5 Å². The zero-order valence-corrected chi connectivity index (χ0v) is 10.9. The van der Waals surface area contributed by atoms with E-state index in [1.807, 2.05) is 6.92 Å². The Labute approximate surface area is 110 Å². The molecule has 0 atom stereocenters. The first-order valence-corrected chi connectivity index (χ1v) is 5.80. The van der Waals surface area contributed by atoms with Crippen LogP contribution in [0.1, 0.15) is 12.5 Å². The van der Waals surface area contributed by atoms with Crippen molar-refractivity contribution in [2.45, 2.75) is 6.92 Å². The molecule has 6 heteroatoms. The van der Waals surface area contributed by atoms with E-state index in [1.54, 1.807) is 18.2 Å². The van der Waals surface area contributed by atoms with Gasteiger partial charge >= 0.3 is 0 Å². The summed E-state index contributed by atoms with van der Waals surface area (Å²) < 4.78 is 4.99. The largest absolute Gasteiger partial charge is 0.389 e. The average Bonchev–Trinajstić information content (AvgIpc) is 2.26. The van der Waals surface area contributed by atoms with Gasteiger partial charge in [-0.3, -0.25) is 4.79 Å². The number of halogens is 1. The standard InChI is InChI=1S/C11H13ClN2O2S/c1-2-16-6-10(15)14-9-5-7(12)3-4-8(9)11(13)17/h3-5H,2,6H2,1H3,(H2,13,17)(H,14,15). The van der Waals surface area contributed by atoms with Gasteiger partial charge in [-0.25, -0.2) is 0 Å². The number of hydrogen-bond donors (Lipinski definition) is 2. The number of carbonyl (C=O) groups is 1. The number of thiocarbonyl (C=S) groups is 1. The Balaban J connectivity index is 2.85. The van der Waals surface area contributed by atoms with Crippen LogP contribution in [0.4, 0.5) is 5.69 Å². The fourth-order valence-corrected chi connectivity index (χ4v) is 1.57. The molecule has 0 fully saturated rings. The van der Waals surface area contributed by atoms with Crippen molar-refractivity contribution >= 4 is 40.4 Å². The zero-order valence-electron chi connectivity index (χ0n) is 9.33. The molecule has 0 aliphatic carbocycles. The summed E-state index contributed by atoms with van der Waals surface area (Å²) in [5, 5.41) is 3.15. The van der Waals surface area contributed by atoms with Crippen LogP contribution in [0, 0.1) is 0 Å². The topological polar surface area (TPSA) is 64.3 Å². The molecule has 0 saturated heterocycles. The van der Waals surface area contributed by atoms with Gasteiger partial charge in [0.15, 0.2) is 0 Å². The molecule has 0 unspecified atom stereocenters. The Morgan fingerprint density at radius 3 is 2.88 bits per heavy atom. The highest BCUT2D eigenvalue weighted by Crippen LogP contribution is 2.21. The number of rotatable bonds is 5. The van der Waals surface area contributed by atoms with Crippen molar-refractivity contribution in [3.05, 3.63) is 28.8 Å². The van der Waals surface area contributed by atoms with Crippen molar-refractivity contribution < 1.29 is 9.53 Å². The van der Waals surface area contributed by atoms with Gasteiger partial charge in [-0.05, 0) is 25.1 Å². The predicted octanol–water partition coefficient (Wildman–Crippen LogP) is 1.95. The van der Waals surface area contributed by atoms with Gasteiger partial charge in [0.1, 0.15) is 11.6 Å². The quantitative estimate of drug-likeness (QED) is 0.804. The Morgan fingerprint density at radius 2 is 2.29 bits per heavy atom. The number of carbonyl (C=O) groups excluding carboxylic acids is 1. The van der Waals surface area contributed by atoms with Gasteiger partial charge in [0.05, 0.1) is 5.69 Å². The second-order valence-electron chi connectivity index (χ2n) is 3.24. The highest BCUT2D eigenvalue weighted by atomic mass is 35.5. The molecule has 0 bridgehead atoms. The number of nitrogens with one attached hydrogen (secondary N) is 1. The van der Waals surface area contributed by atoms with Crippen molar-refractivity contribution in [2.75, 3.05) is 18.5 Å². The molecule has 0 aliphatic heterocycles. The molecule has 0 spiro atoms. The molecular formula is C11H13ClN2O2S. The van der Waals surface area contributed by atoms with Crippen LogP contribution in [0.15, 0.2) is 18.2 Å². The van der Waals surface area contributed by atoms with E-state index in [0.29, 0.717) is 22.9 Å². The van der Waals surface area contributed by atoms with Crippen LogP contribution in [0.25, 0.3) is 0 Å². The second-order valence-corrected chi connectivity index (χ2v) is 4.12. The molecule has 1 amide bonds. The normalized spacial score (nSPS) is 10.0. The fourth-order valence-electron chi connectivity index (χ4n) is 1.22. The van der Waals surface area contributed by atoms with Gasteiger partial charge in [-0.1, -0.05) is 23.8 Å². The summed E-state index contributed by atoms with van der Waals surface area (Å²) in [6.45, 7) is 2.28. The predicted molar refractivity (Wildman–Crippen MR) is 72.5 cm³/mol. The third kappa shape index (κ3) is 4.30. The molecule has 0 aromatic heterocycles. The molecule has 3 N–H and O–H groups in total. The Bertz CT molecular complexity index is 437. The molecule has 0 heterocycles.